The van der Waals surface area contributed by atoms with Crippen LogP contribution < -0.4 is 9.64 Å². The average Bonchev–Trinajstić information content (AvgIpc) is 3.49. The topological polar surface area (TPSA) is 60.2 Å². The summed E-state index contributed by atoms with van der Waals surface area (Å²) in [5, 5.41) is 5.69. The van der Waals surface area contributed by atoms with Crippen molar-refractivity contribution in [2.24, 2.45) is 0 Å². The fourth-order valence-corrected chi connectivity index (χ4v) is 5.35. The van der Waals surface area contributed by atoms with E-state index >= 15 is 0 Å². The van der Waals surface area contributed by atoms with Gasteiger partial charge in [0, 0.05) is 35.3 Å². The molecule has 0 aliphatic carbocycles. The van der Waals surface area contributed by atoms with Crippen molar-refractivity contribution < 1.29 is 9.53 Å². The van der Waals surface area contributed by atoms with Crippen LogP contribution >= 0.6 is 34.7 Å². The van der Waals surface area contributed by atoms with Gasteiger partial charge in [0.2, 0.25) is 5.91 Å². The van der Waals surface area contributed by atoms with Crippen molar-refractivity contribution in [1.29, 1.82) is 0 Å². The number of hydrogen-bond acceptors (Lipinski definition) is 6. The number of thioether (sulfide) groups is 1. The smallest absolute Gasteiger partial charge is 0.228 e. The lowest BCUT2D eigenvalue weighted by molar-refractivity contribution is -0.118. The molecule has 9 heteroatoms. The Morgan fingerprint density at radius 3 is 2.82 bits per heavy atom. The second kappa shape index (κ2) is 11.5. The first-order chi connectivity index (χ1) is 16.1. The summed E-state index contributed by atoms with van der Waals surface area (Å²) in [6.07, 6.45) is 4.87. The molecule has 0 radical (unpaired) electrons. The highest BCUT2D eigenvalue weighted by molar-refractivity contribution is 7.99. The molecule has 0 aliphatic rings. The summed E-state index contributed by atoms with van der Waals surface area (Å²) in [7, 11) is 0. The average molecular weight is 501 g/mol. The molecule has 4 rings (SSSR count). The van der Waals surface area contributed by atoms with E-state index in [0.29, 0.717) is 31.2 Å². The zero-order valence-electron chi connectivity index (χ0n) is 18.3. The largest absolute Gasteiger partial charge is 0.492 e. The first-order valence-electron chi connectivity index (χ1n) is 10.8. The first kappa shape index (κ1) is 23.6. The Morgan fingerprint density at radius 1 is 1.21 bits per heavy atom. The quantitative estimate of drug-likeness (QED) is 0.182. The number of nitrogens with zero attached hydrogens (tertiary/aromatic N) is 4. The molecule has 0 saturated heterocycles. The summed E-state index contributed by atoms with van der Waals surface area (Å²) in [5.74, 6) is 1.67. The first-order valence-corrected chi connectivity index (χ1v) is 13.0. The van der Waals surface area contributed by atoms with Crippen molar-refractivity contribution in [3.63, 3.8) is 0 Å². The molecule has 6 nitrogen and oxygen atoms in total. The van der Waals surface area contributed by atoms with E-state index in [2.05, 4.69) is 5.10 Å². The Labute approximate surface area is 206 Å². The summed E-state index contributed by atoms with van der Waals surface area (Å²) in [6, 6.07) is 15.5. The standard InChI is InChI=1S/C24H25ClN4O2S2/c1-2-31-20-6-3-7-21-23(20)27-24(33-21)29(16-15-28-14-5-13-26-28)22(30)8-4-17-32-19-11-9-18(25)10-12-19/h3,5-7,9-14H,2,4,8,15-17H2,1H3. The SMILES string of the molecule is CCOc1cccc2sc(N(CCn3cccn3)C(=O)CCCSc3ccc(Cl)cc3)nc12. The molecule has 0 fully saturated rings. The molecule has 0 saturated carbocycles. The van der Waals surface area contributed by atoms with Gasteiger partial charge in [0.05, 0.1) is 17.9 Å². The van der Waals surface area contributed by atoms with Crippen molar-refractivity contribution in [3.05, 3.63) is 65.9 Å². The van der Waals surface area contributed by atoms with Crippen LogP contribution in [0.1, 0.15) is 19.8 Å². The van der Waals surface area contributed by atoms with E-state index < -0.39 is 0 Å². The van der Waals surface area contributed by atoms with Crippen LogP contribution in [0, 0.1) is 0 Å². The van der Waals surface area contributed by atoms with Gasteiger partial charge in [-0.2, -0.15) is 5.10 Å². The summed E-state index contributed by atoms with van der Waals surface area (Å²) in [5.41, 5.74) is 0.800. The van der Waals surface area contributed by atoms with Crippen molar-refractivity contribution in [2.75, 3.05) is 23.8 Å². The van der Waals surface area contributed by atoms with Gasteiger partial charge >= 0.3 is 0 Å². The molecule has 33 heavy (non-hydrogen) atoms. The van der Waals surface area contributed by atoms with Gasteiger partial charge in [-0.05, 0) is 61.6 Å². The molecule has 0 N–H and O–H groups in total. The Hall–Kier alpha value is -2.55. The van der Waals surface area contributed by atoms with Gasteiger partial charge < -0.3 is 4.74 Å². The molecule has 4 aromatic rings. The molecule has 0 aliphatic heterocycles. The highest BCUT2D eigenvalue weighted by Crippen LogP contribution is 2.34. The summed E-state index contributed by atoms with van der Waals surface area (Å²) in [4.78, 5) is 21.0. The molecular weight excluding hydrogens is 476 g/mol. The van der Waals surface area contributed by atoms with E-state index in [1.54, 1.807) is 22.9 Å². The molecule has 0 spiro atoms. The van der Waals surface area contributed by atoms with Gasteiger partial charge in [0.25, 0.3) is 0 Å². The van der Waals surface area contributed by atoms with Crippen LogP contribution in [0.2, 0.25) is 5.02 Å². The summed E-state index contributed by atoms with van der Waals surface area (Å²) >= 11 is 9.20. The number of aromatic nitrogens is 3. The number of carbonyl (C=O) groups excluding carboxylic acids is 1. The van der Waals surface area contributed by atoms with Crippen molar-refractivity contribution >= 4 is 56.0 Å². The number of halogens is 1. The normalized spacial score (nSPS) is 11.1. The number of thiazole rings is 1. The number of amides is 1. The molecule has 1 amide bonds. The van der Waals surface area contributed by atoms with Crippen LogP contribution in [0.5, 0.6) is 5.75 Å². The maximum Gasteiger partial charge on any atom is 0.228 e. The van der Waals surface area contributed by atoms with Gasteiger partial charge in [-0.3, -0.25) is 14.4 Å². The predicted molar refractivity (Wildman–Crippen MR) is 137 cm³/mol. The zero-order chi connectivity index (χ0) is 23.0. The number of rotatable bonds is 11. The molecule has 0 bridgehead atoms. The molecule has 0 unspecified atom stereocenters. The third kappa shape index (κ3) is 6.28. The number of carbonyl (C=O) groups is 1. The lowest BCUT2D eigenvalue weighted by Gasteiger charge is -2.20. The number of para-hydroxylation sites is 1. The number of benzene rings is 2. The van der Waals surface area contributed by atoms with Crippen LogP contribution in [0.25, 0.3) is 10.2 Å². The molecular formula is C24H25ClN4O2S2. The van der Waals surface area contributed by atoms with Gasteiger partial charge in [0.1, 0.15) is 11.3 Å². The number of hydrogen-bond donors (Lipinski definition) is 0. The fourth-order valence-electron chi connectivity index (χ4n) is 3.34. The van der Waals surface area contributed by atoms with Crippen molar-refractivity contribution in [1.82, 2.24) is 14.8 Å². The predicted octanol–water partition coefficient (Wildman–Crippen LogP) is 6.15. The van der Waals surface area contributed by atoms with E-state index in [-0.39, 0.29) is 5.91 Å². The maximum atomic E-state index is 13.3. The monoisotopic (exact) mass is 500 g/mol. The third-order valence-electron chi connectivity index (χ3n) is 4.93. The minimum atomic E-state index is 0.0656. The summed E-state index contributed by atoms with van der Waals surface area (Å²) < 4.78 is 8.57. The van der Waals surface area contributed by atoms with Crippen molar-refractivity contribution in [3.8, 4) is 5.75 Å². The molecule has 2 heterocycles. The van der Waals surface area contributed by atoms with E-state index in [4.69, 9.17) is 21.3 Å². The lowest BCUT2D eigenvalue weighted by atomic mass is 10.3. The Morgan fingerprint density at radius 2 is 2.06 bits per heavy atom. The van der Waals surface area contributed by atoms with Crippen LogP contribution in [0.4, 0.5) is 5.13 Å². The van der Waals surface area contributed by atoms with Gasteiger partial charge in [0.15, 0.2) is 5.13 Å². The molecule has 2 aromatic carbocycles. The van der Waals surface area contributed by atoms with Crippen LogP contribution in [0.15, 0.2) is 65.8 Å². The van der Waals surface area contributed by atoms with E-state index in [1.807, 2.05) is 66.3 Å². The van der Waals surface area contributed by atoms with Gasteiger partial charge in [-0.1, -0.05) is 29.0 Å². The van der Waals surface area contributed by atoms with Gasteiger partial charge in [-0.15, -0.1) is 11.8 Å². The number of fused-ring (bicyclic) bond motifs is 1. The second-order valence-electron chi connectivity index (χ2n) is 7.25. The van der Waals surface area contributed by atoms with E-state index in [9.17, 15) is 4.79 Å². The number of ether oxygens (including phenoxy) is 1. The molecule has 0 atom stereocenters. The van der Waals surface area contributed by atoms with E-state index in [1.165, 1.54) is 11.3 Å². The minimum Gasteiger partial charge on any atom is -0.492 e. The number of anilines is 1. The highest BCUT2D eigenvalue weighted by atomic mass is 35.5. The lowest BCUT2D eigenvalue weighted by Crippen LogP contribution is -2.34. The summed E-state index contributed by atoms with van der Waals surface area (Å²) in [6.45, 7) is 3.63. The molecule has 172 valence electrons. The van der Waals surface area contributed by atoms with Crippen LogP contribution in [-0.4, -0.2) is 39.6 Å². The van der Waals surface area contributed by atoms with E-state index in [0.717, 1.165) is 38.1 Å². The van der Waals surface area contributed by atoms with Gasteiger partial charge in [-0.25, -0.2) is 4.98 Å². The Kier molecular flexibility index (Phi) is 8.25. The maximum absolute atomic E-state index is 13.3. The Balaban J connectivity index is 1.45. The molecule has 2 aromatic heterocycles. The van der Waals surface area contributed by atoms with Crippen LogP contribution in [0.3, 0.4) is 0 Å². The van der Waals surface area contributed by atoms with Crippen molar-refractivity contribution in [2.45, 2.75) is 31.2 Å². The second-order valence-corrected chi connectivity index (χ2v) is 9.87. The minimum absolute atomic E-state index is 0.0656. The Bertz CT molecular complexity index is 1180. The fraction of sp³-hybridized carbons (Fsp3) is 0.292. The third-order valence-corrected chi connectivity index (χ3v) is 7.33. The highest BCUT2D eigenvalue weighted by Gasteiger charge is 2.21. The van der Waals surface area contributed by atoms with Crippen LogP contribution in [-0.2, 0) is 11.3 Å². The zero-order valence-corrected chi connectivity index (χ0v) is 20.7.